The average Bonchev–Trinajstić information content (AvgIpc) is 2.26. The topological polar surface area (TPSA) is 61.7 Å². The zero-order valence-corrected chi connectivity index (χ0v) is 9.68. The van der Waals surface area contributed by atoms with Crippen LogP contribution >= 0.6 is 0 Å². The van der Waals surface area contributed by atoms with Crippen molar-refractivity contribution in [1.82, 2.24) is 5.32 Å². The van der Waals surface area contributed by atoms with Gasteiger partial charge in [0, 0.05) is 19.7 Å². The first-order valence-electron chi connectivity index (χ1n) is 5.32. The molecule has 0 amide bonds. The summed E-state index contributed by atoms with van der Waals surface area (Å²) in [7, 11) is 1.56. The van der Waals surface area contributed by atoms with Crippen LogP contribution in [-0.2, 0) is 4.74 Å². The third-order valence-corrected chi connectivity index (χ3v) is 2.39. The summed E-state index contributed by atoms with van der Waals surface area (Å²) in [5.41, 5.74) is 0.990. The molecule has 0 aliphatic heterocycles. The third kappa shape index (κ3) is 4.18. The van der Waals surface area contributed by atoms with E-state index in [1.54, 1.807) is 25.3 Å². The van der Waals surface area contributed by atoms with Gasteiger partial charge >= 0.3 is 0 Å². The number of ether oxygens (including phenoxy) is 1. The van der Waals surface area contributed by atoms with Crippen LogP contribution in [0.5, 0.6) is 5.75 Å². The molecule has 0 fully saturated rings. The van der Waals surface area contributed by atoms with E-state index >= 15 is 0 Å². The van der Waals surface area contributed by atoms with Crippen LogP contribution in [0.3, 0.4) is 0 Å². The zero-order valence-electron chi connectivity index (χ0n) is 9.68. The van der Waals surface area contributed by atoms with Crippen LogP contribution in [-0.4, -0.2) is 36.6 Å². The van der Waals surface area contributed by atoms with Gasteiger partial charge in [0.15, 0.2) is 0 Å². The van der Waals surface area contributed by atoms with Gasteiger partial charge in [0.2, 0.25) is 0 Å². The number of benzene rings is 1. The zero-order chi connectivity index (χ0) is 12.0. The van der Waals surface area contributed by atoms with E-state index in [-0.39, 0.29) is 11.8 Å². The Labute approximate surface area is 95.9 Å². The second-order valence-electron chi connectivity index (χ2n) is 3.83. The quantitative estimate of drug-likeness (QED) is 0.677. The van der Waals surface area contributed by atoms with E-state index in [9.17, 15) is 10.2 Å². The Morgan fingerprint density at radius 2 is 2.19 bits per heavy atom. The lowest BCUT2D eigenvalue weighted by molar-refractivity contribution is 0.0630. The van der Waals surface area contributed by atoms with Crippen LogP contribution in [0, 0.1) is 0 Å². The van der Waals surface area contributed by atoms with Crippen molar-refractivity contribution in [3.63, 3.8) is 0 Å². The molecule has 3 N–H and O–H groups in total. The van der Waals surface area contributed by atoms with Crippen LogP contribution in [0.1, 0.15) is 18.5 Å². The standard InChI is InChI=1S/C12H19NO3/c1-9(13-7-12(15)8-16-2)10-4-3-5-11(14)6-10/h3-6,9,12-15H,7-8H2,1-2H3. The largest absolute Gasteiger partial charge is 0.508 e. The maximum atomic E-state index is 9.46. The minimum atomic E-state index is -0.509. The Hall–Kier alpha value is -1.10. The van der Waals surface area contributed by atoms with Gasteiger partial charge in [-0.05, 0) is 24.6 Å². The minimum absolute atomic E-state index is 0.0820. The molecule has 0 bridgehead atoms. The van der Waals surface area contributed by atoms with Crippen molar-refractivity contribution in [3.8, 4) is 5.75 Å². The molecule has 0 radical (unpaired) electrons. The molecule has 1 rings (SSSR count). The first kappa shape index (κ1) is 13.0. The van der Waals surface area contributed by atoms with Crippen molar-refractivity contribution in [3.05, 3.63) is 29.8 Å². The molecule has 0 aliphatic rings. The van der Waals surface area contributed by atoms with Gasteiger partial charge in [-0.2, -0.15) is 0 Å². The highest BCUT2D eigenvalue weighted by molar-refractivity contribution is 5.28. The normalized spacial score (nSPS) is 14.7. The molecule has 1 aromatic carbocycles. The fourth-order valence-electron chi connectivity index (χ4n) is 1.48. The van der Waals surface area contributed by atoms with E-state index in [0.717, 1.165) is 5.56 Å². The summed E-state index contributed by atoms with van der Waals surface area (Å²) in [6.45, 7) is 2.76. The smallest absolute Gasteiger partial charge is 0.115 e. The van der Waals surface area contributed by atoms with Gasteiger partial charge in [-0.15, -0.1) is 0 Å². The van der Waals surface area contributed by atoms with Crippen molar-refractivity contribution in [2.75, 3.05) is 20.3 Å². The molecule has 16 heavy (non-hydrogen) atoms. The Kier molecular flexibility index (Phi) is 5.25. The average molecular weight is 225 g/mol. The Morgan fingerprint density at radius 1 is 1.44 bits per heavy atom. The molecule has 90 valence electrons. The molecule has 0 spiro atoms. The van der Waals surface area contributed by atoms with Crippen LogP contribution < -0.4 is 5.32 Å². The number of phenols is 1. The van der Waals surface area contributed by atoms with Gasteiger partial charge in [-0.3, -0.25) is 0 Å². The lowest BCUT2D eigenvalue weighted by atomic mass is 10.1. The lowest BCUT2D eigenvalue weighted by Gasteiger charge is -2.17. The molecule has 0 saturated carbocycles. The van der Waals surface area contributed by atoms with E-state index in [4.69, 9.17) is 4.74 Å². The molecule has 0 aliphatic carbocycles. The summed E-state index contributed by atoms with van der Waals surface area (Å²) < 4.78 is 4.83. The summed E-state index contributed by atoms with van der Waals surface area (Å²) in [5.74, 6) is 0.253. The molecular weight excluding hydrogens is 206 g/mol. The number of nitrogens with one attached hydrogen (secondary N) is 1. The highest BCUT2D eigenvalue weighted by Crippen LogP contribution is 2.17. The number of hydrogen-bond donors (Lipinski definition) is 3. The van der Waals surface area contributed by atoms with Crippen molar-refractivity contribution in [2.45, 2.75) is 19.1 Å². The number of rotatable bonds is 6. The van der Waals surface area contributed by atoms with Crippen LogP contribution in [0.15, 0.2) is 24.3 Å². The van der Waals surface area contributed by atoms with Gasteiger partial charge in [0.25, 0.3) is 0 Å². The summed E-state index contributed by atoms with van der Waals surface area (Å²) in [6.07, 6.45) is -0.509. The minimum Gasteiger partial charge on any atom is -0.508 e. The molecule has 2 atom stereocenters. The molecular formula is C12H19NO3. The highest BCUT2D eigenvalue weighted by Gasteiger charge is 2.08. The van der Waals surface area contributed by atoms with E-state index in [0.29, 0.717) is 13.2 Å². The SMILES string of the molecule is COCC(O)CNC(C)c1cccc(O)c1. The maximum Gasteiger partial charge on any atom is 0.115 e. The maximum absolute atomic E-state index is 9.46. The van der Waals surface area contributed by atoms with Crippen molar-refractivity contribution >= 4 is 0 Å². The molecule has 1 aromatic rings. The monoisotopic (exact) mass is 225 g/mol. The lowest BCUT2D eigenvalue weighted by Crippen LogP contribution is -2.31. The molecule has 4 heteroatoms. The van der Waals surface area contributed by atoms with E-state index < -0.39 is 6.10 Å². The van der Waals surface area contributed by atoms with Crippen molar-refractivity contribution in [2.24, 2.45) is 0 Å². The van der Waals surface area contributed by atoms with E-state index in [1.165, 1.54) is 0 Å². The predicted molar refractivity (Wildman–Crippen MR) is 62.4 cm³/mol. The second kappa shape index (κ2) is 6.48. The van der Waals surface area contributed by atoms with Gasteiger partial charge in [0.05, 0.1) is 12.7 Å². The van der Waals surface area contributed by atoms with Crippen molar-refractivity contribution in [1.29, 1.82) is 0 Å². The third-order valence-electron chi connectivity index (χ3n) is 2.39. The first-order chi connectivity index (χ1) is 7.63. The van der Waals surface area contributed by atoms with Gasteiger partial charge in [-0.25, -0.2) is 0 Å². The summed E-state index contributed by atoms with van der Waals surface area (Å²) >= 11 is 0. The summed E-state index contributed by atoms with van der Waals surface area (Å²) in [6, 6.07) is 7.16. The first-order valence-corrected chi connectivity index (χ1v) is 5.32. The van der Waals surface area contributed by atoms with Gasteiger partial charge in [0.1, 0.15) is 5.75 Å². The molecule has 0 heterocycles. The molecule has 0 saturated heterocycles. The van der Waals surface area contributed by atoms with Crippen LogP contribution in [0.4, 0.5) is 0 Å². The van der Waals surface area contributed by atoms with Crippen LogP contribution in [0.2, 0.25) is 0 Å². The fraction of sp³-hybridized carbons (Fsp3) is 0.500. The number of aliphatic hydroxyl groups is 1. The Bertz CT molecular complexity index is 317. The van der Waals surface area contributed by atoms with E-state index in [1.807, 2.05) is 13.0 Å². The molecule has 2 unspecified atom stereocenters. The Balaban J connectivity index is 2.43. The van der Waals surface area contributed by atoms with Gasteiger partial charge in [-0.1, -0.05) is 12.1 Å². The molecule has 4 nitrogen and oxygen atoms in total. The van der Waals surface area contributed by atoms with Crippen LogP contribution in [0.25, 0.3) is 0 Å². The number of aromatic hydroxyl groups is 1. The number of hydrogen-bond acceptors (Lipinski definition) is 4. The van der Waals surface area contributed by atoms with E-state index in [2.05, 4.69) is 5.32 Å². The molecule has 0 aromatic heterocycles. The van der Waals surface area contributed by atoms with Gasteiger partial charge < -0.3 is 20.3 Å². The highest BCUT2D eigenvalue weighted by atomic mass is 16.5. The number of phenolic OH excluding ortho intramolecular Hbond substituents is 1. The summed E-state index contributed by atoms with van der Waals surface area (Å²) in [4.78, 5) is 0. The Morgan fingerprint density at radius 3 is 2.81 bits per heavy atom. The number of methoxy groups -OCH3 is 1. The second-order valence-corrected chi connectivity index (χ2v) is 3.83. The summed E-state index contributed by atoms with van der Waals surface area (Å²) in [5, 5.41) is 22.0. The predicted octanol–water partition coefficient (Wildman–Crippen LogP) is 1.05. The van der Waals surface area contributed by atoms with Crippen molar-refractivity contribution < 1.29 is 14.9 Å². The fourth-order valence-corrected chi connectivity index (χ4v) is 1.48. The number of aliphatic hydroxyl groups excluding tert-OH is 1.